The summed E-state index contributed by atoms with van der Waals surface area (Å²) in [5.41, 5.74) is 5.81. The van der Waals surface area contributed by atoms with E-state index in [2.05, 4.69) is 13.8 Å². The van der Waals surface area contributed by atoms with Crippen LogP contribution in [-0.2, 0) is 9.84 Å². The van der Waals surface area contributed by atoms with Crippen molar-refractivity contribution in [3.8, 4) is 0 Å². The lowest BCUT2D eigenvalue weighted by atomic mass is 10.2. The van der Waals surface area contributed by atoms with Crippen LogP contribution in [-0.4, -0.2) is 31.0 Å². The zero-order valence-electron chi connectivity index (χ0n) is 11.2. The second kappa shape index (κ2) is 6.96. The van der Waals surface area contributed by atoms with Crippen molar-refractivity contribution in [1.29, 1.82) is 5.41 Å². The number of rotatable bonds is 7. The third-order valence-corrected chi connectivity index (χ3v) is 6.15. The minimum absolute atomic E-state index is 0.114. The van der Waals surface area contributed by atoms with Crippen LogP contribution in [0.2, 0.25) is 0 Å². The molecule has 0 heterocycles. The van der Waals surface area contributed by atoms with E-state index >= 15 is 0 Å². The minimum atomic E-state index is -3.29. The predicted molar refractivity (Wildman–Crippen MR) is 81.7 cm³/mol. The molecule has 4 nitrogen and oxygen atoms in total. The summed E-state index contributed by atoms with van der Waals surface area (Å²) in [6.07, 6.45) is 1.03. The lowest BCUT2D eigenvalue weighted by molar-refractivity contribution is 0.597. The third-order valence-electron chi connectivity index (χ3n) is 2.83. The predicted octanol–water partition coefficient (Wildman–Crippen LogP) is 2.28. The molecule has 0 spiro atoms. The normalized spacial score (nSPS) is 13.2. The molecule has 0 bridgehead atoms. The summed E-state index contributed by atoms with van der Waals surface area (Å²) >= 11 is 1.66. The molecule has 0 aliphatic heterocycles. The van der Waals surface area contributed by atoms with Gasteiger partial charge >= 0.3 is 0 Å². The summed E-state index contributed by atoms with van der Waals surface area (Å²) < 4.78 is 24.3. The highest BCUT2D eigenvalue weighted by molar-refractivity contribution is 8.01. The van der Waals surface area contributed by atoms with Crippen molar-refractivity contribution in [2.24, 2.45) is 5.73 Å². The Balaban J connectivity index is 2.77. The van der Waals surface area contributed by atoms with Crippen LogP contribution in [0.25, 0.3) is 0 Å². The van der Waals surface area contributed by atoms with Crippen molar-refractivity contribution < 1.29 is 8.42 Å². The molecule has 0 amide bonds. The van der Waals surface area contributed by atoms with E-state index in [1.54, 1.807) is 30.0 Å². The largest absolute Gasteiger partial charge is 0.384 e. The molecule has 0 aliphatic rings. The van der Waals surface area contributed by atoms with Gasteiger partial charge in [-0.25, -0.2) is 8.42 Å². The van der Waals surface area contributed by atoms with E-state index in [1.165, 1.54) is 6.07 Å². The number of benzene rings is 1. The Hall–Kier alpha value is -1.01. The highest BCUT2D eigenvalue weighted by Gasteiger charge is 2.15. The number of hydrogen-bond acceptors (Lipinski definition) is 4. The van der Waals surface area contributed by atoms with E-state index in [4.69, 9.17) is 11.1 Å². The Morgan fingerprint density at radius 2 is 2.16 bits per heavy atom. The number of hydrogen-bond donors (Lipinski definition) is 2. The van der Waals surface area contributed by atoms with Crippen molar-refractivity contribution in [2.45, 2.75) is 30.4 Å². The van der Waals surface area contributed by atoms with Crippen LogP contribution < -0.4 is 5.73 Å². The van der Waals surface area contributed by atoms with E-state index < -0.39 is 9.84 Å². The molecular formula is C13H20N2O2S2. The first kappa shape index (κ1) is 16.0. The quantitative estimate of drug-likeness (QED) is 0.597. The Morgan fingerprint density at radius 3 is 2.74 bits per heavy atom. The van der Waals surface area contributed by atoms with Gasteiger partial charge in [-0.05, 0) is 18.6 Å². The summed E-state index contributed by atoms with van der Waals surface area (Å²) in [7, 11) is -3.29. The van der Waals surface area contributed by atoms with Crippen LogP contribution in [0.15, 0.2) is 29.2 Å². The van der Waals surface area contributed by atoms with E-state index in [1.807, 2.05) is 0 Å². The Bertz CT molecular complexity index is 541. The molecule has 0 fully saturated rings. The first-order valence-electron chi connectivity index (χ1n) is 6.15. The summed E-state index contributed by atoms with van der Waals surface area (Å²) in [5.74, 6) is 0.580. The number of nitrogen functional groups attached to an aromatic ring is 1. The van der Waals surface area contributed by atoms with Gasteiger partial charge in [0, 0.05) is 16.6 Å². The molecule has 0 radical (unpaired) electrons. The molecule has 6 heteroatoms. The van der Waals surface area contributed by atoms with Crippen LogP contribution in [0, 0.1) is 5.41 Å². The number of nitrogens with one attached hydrogen (secondary N) is 1. The van der Waals surface area contributed by atoms with Crippen molar-refractivity contribution in [3.63, 3.8) is 0 Å². The van der Waals surface area contributed by atoms with Gasteiger partial charge < -0.3 is 5.73 Å². The summed E-state index contributed by atoms with van der Waals surface area (Å²) in [6, 6.07) is 6.27. The van der Waals surface area contributed by atoms with Gasteiger partial charge in [-0.2, -0.15) is 11.8 Å². The van der Waals surface area contributed by atoms with Crippen LogP contribution in [0.5, 0.6) is 0 Å². The Morgan fingerprint density at radius 1 is 1.47 bits per heavy atom. The van der Waals surface area contributed by atoms with Gasteiger partial charge in [0.2, 0.25) is 0 Å². The van der Waals surface area contributed by atoms with Gasteiger partial charge in [0.05, 0.1) is 10.6 Å². The second-order valence-corrected chi connectivity index (χ2v) is 8.01. The van der Waals surface area contributed by atoms with Crippen molar-refractivity contribution in [3.05, 3.63) is 29.8 Å². The third kappa shape index (κ3) is 4.87. The average Bonchev–Trinajstić information content (AvgIpc) is 2.38. The lowest BCUT2D eigenvalue weighted by Crippen LogP contribution is -2.14. The minimum Gasteiger partial charge on any atom is -0.384 e. The van der Waals surface area contributed by atoms with E-state index in [-0.39, 0.29) is 16.5 Å². The van der Waals surface area contributed by atoms with Crippen LogP contribution in [0.1, 0.15) is 25.8 Å². The molecule has 1 aromatic rings. The highest BCUT2D eigenvalue weighted by atomic mass is 32.2. The second-order valence-electron chi connectivity index (χ2n) is 4.35. The maximum Gasteiger partial charge on any atom is 0.179 e. The molecule has 0 saturated carbocycles. The van der Waals surface area contributed by atoms with E-state index in [9.17, 15) is 8.42 Å². The molecule has 19 heavy (non-hydrogen) atoms. The fourth-order valence-corrected chi connectivity index (χ4v) is 4.18. The first-order valence-corrected chi connectivity index (χ1v) is 8.85. The monoisotopic (exact) mass is 300 g/mol. The Kier molecular flexibility index (Phi) is 5.87. The number of nitrogens with two attached hydrogens (primary N) is 1. The van der Waals surface area contributed by atoms with Gasteiger partial charge in [-0.15, -0.1) is 0 Å². The zero-order chi connectivity index (χ0) is 14.5. The lowest BCUT2D eigenvalue weighted by Gasteiger charge is -2.09. The standard InChI is InChI=1S/C13H20N2O2S2/c1-3-10(2)18-7-8-19(16,17)12-6-4-5-11(9-12)13(14)15/h4-6,9-10H,3,7-8H2,1-2H3,(H3,14,15). The van der Waals surface area contributed by atoms with Crippen LogP contribution >= 0.6 is 11.8 Å². The van der Waals surface area contributed by atoms with Crippen molar-refractivity contribution >= 4 is 27.4 Å². The van der Waals surface area contributed by atoms with Crippen LogP contribution in [0.3, 0.4) is 0 Å². The molecule has 0 aliphatic carbocycles. The molecule has 1 aromatic carbocycles. The smallest absolute Gasteiger partial charge is 0.179 e. The van der Waals surface area contributed by atoms with Gasteiger partial charge in [0.1, 0.15) is 5.84 Å². The van der Waals surface area contributed by atoms with Gasteiger partial charge in [-0.3, -0.25) is 5.41 Å². The molecule has 1 atom stereocenters. The molecule has 106 valence electrons. The topological polar surface area (TPSA) is 84.0 Å². The van der Waals surface area contributed by atoms with Gasteiger partial charge in [0.25, 0.3) is 0 Å². The fourth-order valence-electron chi connectivity index (χ4n) is 1.45. The van der Waals surface area contributed by atoms with E-state index in [0.717, 1.165) is 6.42 Å². The molecule has 1 unspecified atom stereocenters. The molecule has 0 saturated heterocycles. The molecule has 0 aromatic heterocycles. The Labute approximate surface area is 119 Å². The molecule has 3 N–H and O–H groups in total. The van der Waals surface area contributed by atoms with E-state index in [0.29, 0.717) is 16.6 Å². The SMILES string of the molecule is CCC(C)SCCS(=O)(=O)c1cccc(C(=N)N)c1. The highest BCUT2D eigenvalue weighted by Crippen LogP contribution is 2.18. The number of thioether (sulfide) groups is 1. The van der Waals surface area contributed by atoms with Gasteiger partial charge in [-0.1, -0.05) is 26.0 Å². The maximum atomic E-state index is 12.2. The average molecular weight is 300 g/mol. The fraction of sp³-hybridized carbons (Fsp3) is 0.462. The van der Waals surface area contributed by atoms with Crippen LogP contribution in [0.4, 0.5) is 0 Å². The number of amidine groups is 1. The van der Waals surface area contributed by atoms with Crippen molar-refractivity contribution in [1.82, 2.24) is 0 Å². The van der Waals surface area contributed by atoms with Crippen molar-refractivity contribution in [2.75, 3.05) is 11.5 Å². The summed E-state index contributed by atoms with van der Waals surface area (Å²) in [4.78, 5) is 0.241. The maximum absolute atomic E-state index is 12.2. The number of sulfone groups is 1. The molecular weight excluding hydrogens is 280 g/mol. The first-order chi connectivity index (χ1) is 8.86. The summed E-state index contributed by atoms with van der Waals surface area (Å²) in [5, 5.41) is 7.81. The van der Waals surface area contributed by atoms with Gasteiger partial charge in [0.15, 0.2) is 9.84 Å². The molecule has 1 rings (SSSR count). The zero-order valence-corrected chi connectivity index (χ0v) is 12.9. The summed E-state index contributed by atoms with van der Waals surface area (Å²) in [6.45, 7) is 4.18.